The fourth-order valence-electron chi connectivity index (χ4n) is 2.20. The van der Waals surface area contributed by atoms with Crippen molar-refractivity contribution >= 4 is 28.0 Å². The van der Waals surface area contributed by atoms with Crippen molar-refractivity contribution in [2.75, 3.05) is 0 Å². The van der Waals surface area contributed by atoms with Gasteiger partial charge in [-0.15, -0.1) is 0 Å². The van der Waals surface area contributed by atoms with Crippen LogP contribution >= 0.6 is 22.1 Å². The van der Waals surface area contributed by atoms with Crippen molar-refractivity contribution in [3.8, 4) is 27.6 Å². The number of phenols is 1. The Bertz CT molecular complexity index is 841. The maximum atomic E-state index is 11.0. The largest absolute Gasteiger partial charge is 0.545 e. The van der Waals surface area contributed by atoms with E-state index < -0.39 is 16.4 Å². The maximum absolute atomic E-state index is 11.0. The first-order chi connectivity index (χ1) is 11.0. The van der Waals surface area contributed by atoms with Gasteiger partial charge in [-0.1, -0.05) is 23.7 Å². The Hall–Kier alpha value is -2.37. The van der Waals surface area contributed by atoms with E-state index in [9.17, 15) is 15.0 Å². The molecule has 0 spiro atoms. The fraction of sp³-hybridized carbons (Fsp3) is 0.0588. The maximum Gasteiger partial charge on any atom is 0.274 e. The number of hydrogen-bond donors (Lipinski definition) is 1. The van der Waals surface area contributed by atoms with Crippen LogP contribution in [0, 0.1) is 0 Å². The Morgan fingerprint density at radius 3 is 2.30 bits per heavy atom. The lowest BCUT2D eigenvalue weighted by Crippen LogP contribution is -2.22. The van der Waals surface area contributed by atoms with Crippen molar-refractivity contribution in [1.29, 1.82) is 0 Å². The van der Waals surface area contributed by atoms with E-state index in [2.05, 4.69) is 4.98 Å². The molecular formula is C17H12ClNO3S. The lowest BCUT2D eigenvalue weighted by molar-refractivity contribution is -0.303. The third-order valence-corrected chi connectivity index (χ3v) is 5.38. The molecule has 1 atom stereocenters. The molecule has 2 aromatic carbocycles. The average molecular weight is 346 g/mol. The Morgan fingerprint density at radius 2 is 1.70 bits per heavy atom. The van der Waals surface area contributed by atoms with Crippen LogP contribution in [-0.4, -0.2) is 16.1 Å². The molecule has 6 heteroatoms. The Labute approximate surface area is 140 Å². The molecule has 0 aliphatic rings. The first kappa shape index (κ1) is 15.5. The van der Waals surface area contributed by atoms with Gasteiger partial charge in [0, 0.05) is 21.1 Å². The van der Waals surface area contributed by atoms with E-state index in [0.717, 1.165) is 11.1 Å². The molecule has 116 valence electrons. The molecule has 4 nitrogen and oxygen atoms in total. The van der Waals surface area contributed by atoms with Crippen LogP contribution in [0.25, 0.3) is 21.8 Å². The van der Waals surface area contributed by atoms with Gasteiger partial charge in [-0.25, -0.2) is 0 Å². The number of aromatic hydroxyl groups is 1. The molecule has 0 amide bonds. The lowest BCUT2D eigenvalue weighted by Gasteiger charge is -1.97. The molecule has 1 heterocycles. The summed E-state index contributed by atoms with van der Waals surface area (Å²) in [5.41, 5.74) is 2.38. The van der Waals surface area contributed by atoms with Crippen molar-refractivity contribution in [3.05, 3.63) is 58.9 Å². The number of carboxylic acids is 1. The predicted octanol–water partition coefficient (Wildman–Crippen LogP) is 3.27. The SMILES string of the molecule is O=C([O-])C[s+]1cc(-c2ccc(Cl)cc2)nc1-c1ccc(O)cc1. The van der Waals surface area contributed by atoms with Gasteiger partial charge < -0.3 is 15.0 Å². The molecule has 1 N–H and O–H groups in total. The first-order valence-corrected chi connectivity index (χ1v) is 8.62. The van der Waals surface area contributed by atoms with Crippen molar-refractivity contribution in [2.24, 2.45) is 0 Å². The molecule has 0 saturated carbocycles. The smallest absolute Gasteiger partial charge is 0.274 e. The van der Waals surface area contributed by atoms with E-state index in [1.54, 1.807) is 36.4 Å². The lowest BCUT2D eigenvalue weighted by atomic mass is 10.2. The normalized spacial score (nSPS) is 11.4. The summed E-state index contributed by atoms with van der Waals surface area (Å²) in [5.74, 6) is -1.08. The van der Waals surface area contributed by atoms with Crippen molar-refractivity contribution < 1.29 is 15.0 Å². The van der Waals surface area contributed by atoms with Crippen LogP contribution in [0.15, 0.2) is 53.9 Å². The standard InChI is InChI=1S/C17H12ClNO3S/c18-13-5-1-11(2-6-13)15-9-23(10-16(21)22)17(19-15)12-3-7-14(20)8-4-12/h1-9H,10H2,(H-,19,20,21,22). The molecule has 0 radical (unpaired) electrons. The molecule has 3 aromatic rings. The van der Waals surface area contributed by atoms with Crippen LogP contribution in [-0.2, 0) is 10.5 Å². The van der Waals surface area contributed by atoms with Gasteiger partial charge in [0.05, 0.1) is 11.5 Å². The number of thiazole rings is 1. The second-order valence-corrected chi connectivity index (χ2v) is 7.12. The zero-order chi connectivity index (χ0) is 16.4. The predicted molar refractivity (Wildman–Crippen MR) is 89.3 cm³/mol. The summed E-state index contributed by atoms with van der Waals surface area (Å²) in [5, 5.41) is 23.6. The minimum atomic E-state index is -1.12. The number of benzene rings is 2. The molecular weight excluding hydrogens is 334 g/mol. The number of carboxylic acid groups (broad SMARTS) is 1. The van der Waals surface area contributed by atoms with Gasteiger partial charge in [0.1, 0.15) is 11.4 Å². The minimum Gasteiger partial charge on any atom is -0.545 e. The highest BCUT2D eigenvalue weighted by Gasteiger charge is 2.22. The molecule has 0 fully saturated rings. The Balaban J connectivity index is 2.08. The summed E-state index contributed by atoms with van der Waals surface area (Å²) in [7, 11) is -0.677. The third kappa shape index (κ3) is 3.52. The summed E-state index contributed by atoms with van der Waals surface area (Å²) >= 11 is 5.89. The van der Waals surface area contributed by atoms with E-state index in [-0.39, 0.29) is 11.5 Å². The van der Waals surface area contributed by atoms with Crippen LogP contribution in [0.2, 0.25) is 5.02 Å². The molecule has 1 aromatic heterocycles. The minimum absolute atomic E-state index is 0.114. The van der Waals surface area contributed by atoms with E-state index >= 15 is 0 Å². The number of phenolic OH excluding ortho intramolecular Hbond substituents is 1. The average Bonchev–Trinajstić information content (AvgIpc) is 2.92. The van der Waals surface area contributed by atoms with Gasteiger partial charge in [0.25, 0.3) is 5.01 Å². The molecule has 3 rings (SSSR count). The number of aliphatic carboxylic acids is 1. The molecule has 0 bridgehead atoms. The zero-order valence-corrected chi connectivity index (χ0v) is 13.5. The van der Waals surface area contributed by atoms with E-state index in [1.165, 1.54) is 0 Å². The van der Waals surface area contributed by atoms with Crippen molar-refractivity contribution in [2.45, 2.75) is 5.75 Å². The number of carbonyl (C=O) groups excluding carboxylic acids is 1. The zero-order valence-electron chi connectivity index (χ0n) is 11.9. The number of aromatic nitrogens is 1. The number of carbonyl (C=O) groups is 1. The van der Waals surface area contributed by atoms with Crippen LogP contribution in [0.3, 0.4) is 0 Å². The van der Waals surface area contributed by atoms with Crippen molar-refractivity contribution in [3.63, 3.8) is 0 Å². The summed E-state index contributed by atoms with van der Waals surface area (Å²) in [6.07, 6.45) is 0. The molecule has 0 saturated heterocycles. The fourth-order valence-corrected chi connectivity index (χ4v) is 4.02. The van der Waals surface area contributed by atoms with Crippen molar-refractivity contribution in [1.82, 2.24) is 4.98 Å². The van der Waals surface area contributed by atoms with Gasteiger partial charge in [-0.2, -0.15) is 4.98 Å². The highest BCUT2D eigenvalue weighted by atomic mass is 35.5. The third-order valence-electron chi connectivity index (χ3n) is 3.25. The number of halogens is 1. The highest BCUT2D eigenvalue weighted by molar-refractivity contribution is 7.33. The van der Waals surface area contributed by atoms with Gasteiger partial charge in [-0.05, 0) is 36.4 Å². The van der Waals surface area contributed by atoms with Crippen LogP contribution in [0.1, 0.15) is 0 Å². The first-order valence-electron chi connectivity index (χ1n) is 6.78. The van der Waals surface area contributed by atoms with Crippen LogP contribution < -0.4 is 5.11 Å². The Morgan fingerprint density at radius 1 is 1.09 bits per heavy atom. The van der Waals surface area contributed by atoms with Gasteiger partial charge in [0.15, 0.2) is 11.1 Å². The quantitative estimate of drug-likeness (QED) is 0.736. The Kier molecular flexibility index (Phi) is 4.32. The molecule has 0 aliphatic heterocycles. The van der Waals surface area contributed by atoms with Gasteiger partial charge in [0.2, 0.25) is 0 Å². The summed E-state index contributed by atoms with van der Waals surface area (Å²) < 4.78 is 0. The van der Waals surface area contributed by atoms with Gasteiger partial charge >= 0.3 is 0 Å². The highest BCUT2D eigenvalue weighted by Crippen LogP contribution is 2.38. The van der Waals surface area contributed by atoms with Crippen LogP contribution in [0.5, 0.6) is 5.75 Å². The summed E-state index contributed by atoms with van der Waals surface area (Å²) in [6.45, 7) is 0. The second kappa shape index (κ2) is 6.40. The molecule has 0 aliphatic carbocycles. The van der Waals surface area contributed by atoms with Crippen LogP contribution in [0.4, 0.5) is 0 Å². The number of hydrogen-bond acceptors (Lipinski definition) is 4. The monoisotopic (exact) mass is 345 g/mol. The summed E-state index contributed by atoms with van der Waals surface area (Å²) in [6, 6.07) is 13.8. The number of rotatable bonds is 4. The summed E-state index contributed by atoms with van der Waals surface area (Å²) in [4.78, 5) is 15.6. The van der Waals surface area contributed by atoms with Gasteiger partial charge in [-0.3, -0.25) is 0 Å². The molecule has 1 unspecified atom stereocenters. The van der Waals surface area contributed by atoms with E-state index in [0.29, 0.717) is 15.7 Å². The number of nitrogens with zero attached hydrogens (tertiary/aromatic N) is 1. The second-order valence-electron chi connectivity index (χ2n) is 4.92. The van der Waals surface area contributed by atoms with E-state index in [1.807, 2.05) is 17.5 Å². The van der Waals surface area contributed by atoms with E-state index in [4.69, 9.17) is 11.6 Å². The molecule has 23 heavy (non-hydrogen) atoms. The topological polar surface area (TPSA) is 73.2 Å².